The summed E-state index contributed by atoms with van der Waals surface area (Å²) in [5.74, 6) is 0.120. The van der Waals surface area contributed by atoms with Gasteiger partial charge >= 0.3 is 0 Å². The molecule has 4 heterocycles. The van der Waals surface area contributed by atoms with Crippen LogP contribution in [0.4, 0.5) is 5.69 Å². The van der Waals surface area contributed by atoms with Crippen molar-refractivity contribution in [3.63, 3.8) is 0 Å². The topological polar surface area (TPSA) is 77.5 Å². The lowest BCUT2D eigenvalue weighted by atomic mass is 10.0. The van der Waals surface area contributed by atoms with E-state index in [2.05, 4.69) is 48.8 Å². The Labute approximate surface area is 210 Å². The molecule has 2 fully saturated rings. The van der Waals surface area contributed by atoms with Crippen LogP contribution in [-0.2, 0) is 6.54 Å². The van der Waals surface area contributed by atoms with E-state index >= 15 is 0 Å². The van der Waals surface area contributed by atoms with Crippen LogP contribution in [-0.4, -0.2) is 70.6 Å². The molecule has 2 aliphatic rings. The normalized spacial score (nSPS) is 16.7. The van der Waals surface area contributed by atoms with Crippen LogP contribution < -0.4 is 16.2 Å². The number of fused-ring (bicyclic) bond motifs is 1. The second kappa shape index (κ2) is 10.1. The van der Waals surface area contributed by atoms with Gasteiger partial charge in [-0.15, -0.1) is 0 Å². The lowest BCUT2D eigenvalue weighted by molar-refractivity contribution is 0.0228. The number of piperazine rings is 1. The molecule has 36 heavy (non-hydrogen) atoms. The fraction of sp³-hybridized carbons (Fsp3) is 0.286. The van der Waals surface area contributed by atoms with E-state index in [0.29, 0.717) is 12.6 Å². The highest BCUT2D eigenvalue weighted by Gasteiger charge is 2.36. The Bertz CT molecular complexity index is 1320. The Balaban J connectivity index is 1.15. The van der Waals surface area contributed by atoms with Crippen molar-refractivity contribution in [2.45, 2.75) is 12.6 Å². The van der Waals surface area contributed by atoms with Gasteiger partial charge < -0.3 is 20.2 Å². The second-order valence-corrected chi connectivity index (χ2v) is 9.47. The minimum absolute atomic E-state index is 0.120. The van der Waals surface area contributed by atoms with Crippen LogP contribution in [0.15, 0.2) is 79.3 Å². The summed E-state index contributed by atoms with van der Waals surface area (Å²) in [5.41, 5.74) is 11.4. The quantitative estimate of drug-likeness (QED) is 0.353. The molecule has 8 heteroatoms. The molecule has 8 nitrogen and oxygen atoms in total. The van der Waals surface area contributed by atoms with Gasteiger partial charge in [-0.05, 0) is 42.0 Å². The van der Waals surface area contributed by atoms with Crippen molar-refractivity contribution < 1.29 is 4.79 Å². The fourth-order valence-corrected chi connectivity index (χ4v) is 5.09. The number of rotatable bonds is 7. The van der Waals surface area contributed by atoms with Crippen molar-refractivity contribution in [3.8, 4) is 5.69 Å². The molecule has 4 aromatic rings. The third kappa shape index (κ3) is 4.58. The van der Waals surface area contributed by atoms with Crippen molar-refractivity contribution in [2.75, 3.05) is 44.7 Å². The lowest BCUT2D eigenvalue weighted by Gasteiger charge is -2.46. The van der Waals surface area contributed by atoms with E-state index in [1.54, 1.807) is 6.20 Å². The van der Waals surface area contributed by atoms with Crippen molar-refractivity contribution in [1.29, 1.82) is 0 Å². The number of nitrogens with one attached hydrogen (secondary N) is 3. The Morgan fingerprint density at radius 2 is 1.81 bits per heavy atom. The zero-order valence-corrected chi connectivity index (χ0v) is 20.2. The predicted octanol–water partition coefficient (Wildman–Crippen LogP) is 2.87. The molecular weight excluding hydrogens is 450 g/mol. The molecule has 0 spiro atoms. The van der Waals surface area contributed by atoms with Crippen LogP contribution in [0.1, 0.15) is 15.9 Å². The Kier molecular flexibility index (Phi) is 6.38. The van der Waals surface area contributed by atoms with Crippen LogP contribution in [0.3, 0.4) is 0 Å². The van der Waals surface area contributed by atoms with Crippen LogP contribution in [0, 0.1) is 0 Å². The molecule has 3 N–H and O–H groups in total. The largest absolute Gasteiger partial charge is 0.335 e. The first-order chi connectivity index (χ1) is 17.8. The van der Waals surface area contributed by atoms with E-state index in [4.69, 9.17) is 0 Å². The van der Waals surface area contributed by atoms with Gasteiger partial charge in [0.25, 0.3) is 5.91 Å². The summed E-state index contributed by atoms with van der Waals surface area (Å²) in [6.07, 6.45) is 5.61. The number of anilines is 1. The number of amides is 1. The van der Waals surface area contributed by atoms with E-state index in [1.807, 2.05) is 59.8 Å². The summed E-state index contributed by atoms with van der Waals surface area (Å²) in [5, 5.41) is 4.40. The van der Waals surface area contributed by atoms with Gasteiger partial charge in [-0.25, -0.2) is 5.43 Å². The summed E-state index contributed by atoms with van der Waals surface area (Å²) in [6.45, 7) is 6.50. The number of hydrazine groups is 1. The Morgan fingerprint density at radius 3 is 2.58 bits per heavy atom. The van der Waals surface area contributed by atoms with Gasteiger partial charge in [0, 0.05) is 87.2 Å². The minimum Gasteiger partial charge on any atom is -0.335 e. The molecule has 2 aromatic heterocycles. The molecule has 0 unspecified atom stereocenters. The predicted molar refractivity (Wildman–Crippen MR) is 142 cm³/mol. The van der Waals surface area contributed by atoms with Crippen LogP contribution in [0.25, 0.3) is 16.6 Å². The van der Waals surface area contributed by atoms with E-state index in [9.17, 15) is 4.79 Å². The third-order valence-electron chi connectivity index (χ3n) is 7.15. The number of nitrogens with zero attached hydrogens (tertiary/aromatic N) is 4. The van der Waals surface area contributed by atoms with E-state index in [-0.39, 0.29) is 5.91 Å². The van der Waals surface area contributed by atoms with Gasteiger partial charge in [-0.1, -0.05) is 24.3 Å². The van der Waals surface area contributed by atoms with Crippen molar-refractivity contribution in [3.05, 3.63) is 90.4 Å². The number of pyridine rings is 1. The summed E-state index contributed by atoms with van der Waals surface area (Å²) in [7, 11) is 0. The minimum atomic E-state index is 0.120. The number of para-hydroxylation sites is 1. The molecule has 184 valence electrons. The maximum atomic E-state index is 13.5. The molecule has 0 atom stereocenters. The summed E-state index contributed by atoms with van der Waals surface area (Å²) >= 11 is 0. The van der Waals surface area contributed by atoms with Gasteiger partial charge in [0.1, 0.15) is 0 Å². The number of likely N-dealkylation sites (tertiary alicyclic amines) is 1. The second-order valence-electron chi connectivity index (χ2n) is 9.47. The highest BCUT2D eigenvalue weighted by atomic mass is 16.2. The smallest absolute Gasteiger partial charge is 0.256 e. The number of benzene rings is 2. The lowest BCUT2D eigenvalue weighted by Crippen LogP contribution is -2.63. The maximum Gasteiger partial charge on any atom is 0.256 e. The maximum absolute atomic E-state index is 13.5. The van der Waals surface area contributed by atoms with Crippen molar-refractivity contribution in [1.82, 2.24) is 30.1 Å². The summed E-state index contributed by atoms with van der Waals surface area (Å²) in [6, 6.07) is 20.8. The zero-order chi connectivity index (χ0) is 24.3. The monoisotopic (exact) mass is 481 g/mol. The highest BCUT2D eigenvalue weighted by molar-refractivity contribution is 6.07. The fourth-order valence-electron chi connectivity index (χ4n) is 5.09. The third-order valence-corrected chi connectivity index (χ3v) is 7.15. The number of carbonyl (C=O) groups excluding carboxylic acids is 1. The van der Waals surface area contributed by atoms with Crippen molar-refractivity contribution >= 4 is 22.5 Å². The van der Waals surface area contributed by atoms with Crippen LogP contribution in [0.2, 0.25) is 0 Å². The molecule has 0 radical (unpaired) electrons. The number of hydrogen-bond donors (Lipinski definition) is 3. The Hall–Kier alpha value is -3.72. The van der Waals surface area contributed by atoms with Gasteiger partial charge in [-0.3, -0.25) is 14.7 Å². The molecular formula is C28H31N7O. The van der Waals surface area contributed by atoms with Crippen molar-refractivity contribution in [2.24, 2.45) is 0 Å². The molecule has 2 aromatic carbocycles. The molecule has 1 amide bonds. The molecule has 0 aliphatic carbocycles. The van der Waals surface area contributed by atoms with E-state index in [0.717, 1.165) is 72.7 Å². The molecule has 2 saturated heterocycles. The number of hydrogen-bond acceptors (Lipinski definition) is 6. The summed E-state index contributed by atoms with van der Waals surface area (Å²) in [4.78, 5) is 22.1. The van der Waals surface area contributed by atoms with E-state index in [1.165, 1.54) is 0 Å². The zero-order valence-electron chi connectivity index (χ0n) is 20.2. The van der Waals surface area contributed by atoms with Gasteiger partial charge in [0.15, 0.2) is 0 Å². The molecule has 0 saturated carbocycles. The average molecular weight is 482 g/mol. The summed E-state index contributed by atoms with van der Waals surface area (Å²) < 4.78 is 2.11. The molecule has 0 bridgehead atoms. The Morgan fingerprint density at radius 1 is 1.00 bits per heavy atom. The van der Waals surface area contributed by atoms with Gasteiger partial charge in [0.05, 0.1) is 11.1 Å². The number of carbonyl (C=O) groups is 1. The van der Waals surface area contributed by atoms with Crippen LogP contribution >= 0.6 is 0 Å². The van der Waals surface area contributed by atoms with Crippen LogP contribution in [0.5, 0.6) is 0 Å². The first kappa shape index (κ1) is 22.7. The molecule has 2 aliphatic heterocycles. The average Bonchev–Trinajstić information content (AvgIpc) is 3.29. The van der Waals surface area contributed by atoms with Gasteiger partial charge in [0.2, 0.25) is 0 Å². The SMILES string of the molecule is O=C(c1cn(-c2ccc(NNCc3cccnc3)cc2)c2ccccc12)N1CC(N2CCNCC2)C1. The van der Waals surface area contributed by atoms with Gasteiger partial charge in [-0.2, -0.15) is 0 Å². The highest BCUT2D eigenvalue weighted by Crippen LogP contribution is 2.28. The van der Waals surface area contributed by atoms with E-state index < -0.39 is 0 Å². The number of aromatic nitrogens is 2. The first-order valence-electron chi connectivity index (χ1n) is 12.6. The first-order valence-corrected chi connectivity index (χ1v) is 12.6. The standard InChI is InChI=1S/C28H31N7O/c36-28(34-18-24(19-34)33-14-12-29-13-15-33)26-20-35(27-6-2-1-5-25(26)27)23-9-7-22(8-10-23)32-31-17-21-4-3-11-30-16-21/h1-11,16,20,24,29,31-32H,12-15,17-19H2. The molecule has 6 rings (SSSR count).